The smallest absolute Gasteiger partial charge is 0.408 e. The van der Waals surface area contributed by atoms with Crippen LogP contribution in [0.1, 0.15) is 28.2 Å². The van der Waals surface area contributed by atoms with Crippen LogP contribution in [0.4, 0.5) is 5.13 Å². The van der Waals surface area contributed by atoms with Crippen LogP contribution in [0.15, 0.2) is 33.5 Å². The number of aromatic nitrogens is 2. The molecule has 1 aromatic carbocycles. The van der Waals surface area contributed by atoms with E-state index in [0.717, 1.165) is 18.2 Å². The van der Waals surface area contributed by atoms with E-state index >= 15 is 0 Å². The van der Waals surface area contributed by atoms with Crippen molar-refractivity contribution < 1.29 is 18.7 Å². The molecular formula is C20H23N5O5S. The molecule has 0 aliphatic carbocycles. The first kappa shape index (κ1) is 21.1. The average Bonchev–Trinajstić information content (AvgIpc) is 3.32. The summed E-state index contributed by atoms with van der Waals surface area (Å²) < 4.78 is 12.0. The summed E-state index contributed by atoms with van der Waals surface area (Å²) in [6, 6.07) is 7.13. The molecule has 0 atom stereocenters. The fourth-order valence-corrected chi connectivity index (χ4v) is 4.37. The molecule has 3 aromatic rings. The molecule has 0 spiro atoms. The largest absolute Gasteiger partial charge is 0.419 e. The predicted octanol–water partition coefficient (Wildman–Crippen LogP) is 1.44. The Kier molecular flexibility index (Phi) is 6.33. The first-order valence-electron chi connectivity index (χ1n) is 10.0. The zero-order valence-corrected chi connectivity index (χ0v) is 17.9. The number of aryl methyl sites for hydroxylation is 2. The minimum Gasteiger partial charge on any atom is -0.408 e. The number of hydrazine groups is 1. The molecule has 2 aromatic heterocycles. The Morgan fingerprint density at radius 3 is 2.77 bits per heavy atom. The maximum absolute atomic E-state index is 12.5. The van der Waals surface area contributed by atoms with E-state index in [4.69, 9.17) is 9.15 Å². The van der Waals surface area contributed by atoms with E-state index < -0.39 is 11.7 Å². The molecule has 2 amide bonds. The SMILES string of the molecule is Cc1nc(N2CCOCC2)sc1C(=O)NNC(=O)CCCn1c(=O)oc2ccccc21. The van der Waals surface area contributed by atoms with Crippen molar-refractivity contribution in [1.82, 2.24) is 20.4 Å². The van der Waals surface area contributed by atoms with Gasteiger partial charge in [0, 0.05) is 26.1 Å². The second kappa shape index (κ2) is 9.31. The highest BCUT2D eigenvalue weighted by molar-refractivity contribution is 7.17. The van der Waals surface area contributed by atoms with E-state index in [-0.39, 0.29) is 12.3 Å². The van der Waals surface area contributed by atoms with Crippen molar-refractivity contribution in [2.45, 2.75) is 26.3 Å². The number of hydrogen-bond acceptors (Lipinski definition) is 8. The lowest BCUT2D eigenvalue weighted by Gasteiger charge is -2.25. The Morgan fingerprint density at radius 1 is 1.19 bits per heavy atom. The summed E-state index contributed by atoms with van der Waals surface area (Å²) in [6.45, 7) is 4.85. The number of nitrogens with zero attached hydrogens (tertiary/aromatic N) is 3. The van der Waals surface area contributed by atoms with Crippen molar-refractivity contribution >= 4 is 39.4 Å². The monoisotopic (exact) mass is 445 g/mol. The molecule has 1 saturated heterocycles. The Bertz CT molecular complexity index is 1140. The van der Waals surface area contributed by atoms with Gasteiger partial charge in [-0.3, -0.25) is 25.0 Å². The van der Waals surface area contributed by atoms with E-state index in [9.17, 15) is 14.4 Å². The lowest BCUT2D eigenvalue weighted by atomic mass is 10.3. The normalized spacial score (nSPS) is 14.0. The number of fused-ring (bicyclic) bond motifs is 1. The van der Waals surface area contributed by atoms with Crippen LogP contribution in [0.5, 0.6) is 0 Å². The molecule has 164 valence electrons. The molecule has 1 fully saturated rings. The first-order valence-corrected chi connectivity index (χ1v) is 10.8. The average molecular weight is 446 g/mol. The number of hydrogen-bond donors (Lipinski definition) is 2. The van der Waals surface area contributed by atoms with Gasteiger partial charge in [-0.25, -0.2) is 9.78 Å². The van der Waals surface area contributed by atoms with E-state index in [1.165, 1.54) is 15.9 Å². The molecule has 11 heteroatoms. The maximum atomic E-state index is 12.5. The predicted molar refractivity (Wildman–Crippen MR) is 115 cm³/mol. The number of amides is 2. The van der Waals surface area contributed by atoms with Crippen LogP contribution in [0.3, 0.4) is 0 Å². The third kappa shape index (κ3) is 4.78. The fourth-order valence-electron chi connectivity index (χ4n) is 3.35. The van der Waals surface area contributed by atoms with Gasteiger partial charge in [0.05, 0.1) is 24.4 Å². The molecule has 0 bridgehead atoms. The van der Waals surface area contributed by atoms with Crippen molar-refractivity contribution in [1.29, 1.82) is 0 Å². The zero-order valence-electron chi connectivity index (χ0n) is 17.1. The van der Waals surface area contributed by atoms with Gasteiger partial charge in [-0.15, -0.1) is 0 Å². The zero-order chi connectivity index (χ0) is 21.8. The van der Waals surface area contributed by atoms with Crippen LogP contribution in [0.25, 0.3) is 11.1 Å². The minimum atomic E-state index is -0.452. The van der Waals surface area contributed by atoms with Gasteiger partial charge < -0.3 is 14.1 Å². The van der Waals surface area contributed by atoms with Crippen molar-refractivity contribution in [3.8, 4) is 0 Å². The molecule has 3 heterocycles. The number of oxazole rings is 1. The molecule has 2 N–H and O–H groups in total. The highest BCUT2D eigenvalue weighted by Gasteiger charge is 2.20. The first-order chi connectivity index (χ1) is 15.0. The Balaban J connectivity index is 1.27. The number of rotatable bonds is 6. The Hall–Kier alpha value is -3.18. The second-order valence-corrected chi connectivity index (χ2v) is 8.08. The molecule has 0 radical (unpaired) electrons. The van der Waals surface area contributed by atoms with Crippen LogP contribution in [-0.2, 0) is 16.1 Å². The van der Waals surface area contributed by atoms with Gasteiger partial charge >= 0.3 is 5.76 Å². The van der Waals surface area contributed by atoms with Crippen LogP contribution in [0.2, 0.25) is 0 Å². The maximum Gasteiger partial charge on any atom is 0.419 e. The summed E-state index contributed by atoms with van der Waals surface area (Å²) >= 11 is 1.29. The third-order valence-electron chi connectivity index (χ3n) is 4.95. The third-order valence-corrected chi connectivity index (χ3v) is 6.16. The lowest BCUT2D eigenvalue weighted by molar-refractivity contribution is -0.122. The van der Waals surface area contributed by atoms with Crippen molar-refractivity contribution in [3.63, 3.8) is 0 Å². The molecule has 1 aliphatic heterocycles. The number of para-hydroxylation sites is 2. The summed E-state index contributed by atoms with van der Waals surface area (Å²) in [5.74, 6) is -1.20. The second-order valence-electron chi connectivity index (χ2n) is 7.10. The summed E-state index contributed by atoms with van der Waals surface area (Å²) in [7, 11) is 0. The van der Waals surface area contributed by atoms with Gasteiger partial charge in [-0.05, 0) is 25.5 Å². The lowest BCUT2D eigenvalue weighted by Crippen LogP contribution is -2.41. The quantitative estimate of drug-likeness (QED) is 0.551. The van der Waals surface area contributed by atoms with Gasteiger partial charge in [-0.1, -0.05) is 23.5 Å². The summed E-state index contributed by atoms with van der Waals surface area (Å²) in [4.78, 5) is 43.5. The highest BCUT2D eigenvalue weighted by atomic mass is 32.1. The fraction of sp³-hybridized carbons (Fsp3) is 0.400. The molecular weight excluding hydrogens is 422 g/mol. The molecule has 4 rings (SSSR count). The van der Waals surface area contributed by atoms with Gasteiger partial charge in [0.25, 0.3) is 5.91 Å². The number of carbonyl (C=O) groups is 2. The van der Waals surface area contributed by atoms with E-state index in [1.54, 1.807) is 25.1 Å². The standard InChI is InChI=1S/C20H23N5O5S/c1-13-17(31-19(21-13)24-9-11-29-12-10-24)18(27)23-22-16(26)7-4-8-25-14-5-2-3-6-15(14)30-20(25)28/h2-3,5-6H,4,7-12H2,1H3,(H,22,26)(H,23,27). The Morgan fingerprint density at radius 2 is 1.97 bits per heavy atom. The molecule has 0 saturated carbocycles. The highest BCUT2D eigenvalue weighted by Crippen LogP contribution is 2.26. The molecule has 0 unspecified atom stereocenters. The van der Waals surface area contributed by atoms with Crippen molar-refractivity contribution in [3.05, 3.63) is 45.4 Å². The number of carbonyl (C=O) groups excluding carboxylic acids is 2. The molecule has 31 heavy (non-hydrogen) atoms. The van der Waals surface area contributed by atoms with E-state index in [1.807, 2.05) is 6.07 Å². The van der Waals surface area contributed by atoms with Gasteiger partial charge in [0.2, 0.25) is 5.91 Å². The number of ether oxygens (including phenoxy) is 1. The summed E-state index contributed by atoms with van der Waals surface area (Å²) in [5, 5.41) is 0.773. The topological polar surface area (TPSA) is 119 Å². The van der Waals surface area contributed by atoms with Gasteiger partial charge in [0.15, 0.2) is 10.7 Å². The summed E-state index contributed by atoms with van der Waals surface area (Å²) in [5.41, 5.74) is 6.69. The molecule has 1 aliphatic rings. The summed E-state index contributed by atoms with van der Waals surface area (Å²) in [6.07, 6.45) is 0.568. The van der Waals surface area contributed by atoms with E-state index in [0.29, 0.717) is 47.9 Å². The van der Waals surface area contributed by atoms with E-state index in [2.05, 4.69) is 20.7 Å². The van der Waals surface area contributed by atoms with Crippen LogP contribution >= 0.6 is 11.3 Å². The van der Waals surface area contributed by atoms with Crippen molar-refractivity contribution in [2.75, 3.05) is 31.2 Å². The van der Waals surface area contributed by atoms with Crippen LogP contribution in [0, 0.1) is 6.92 Å². The minimum absolute atomic E-state index is 0.146. The molecule has 10 nitrogen and oxygen atoms in total. The number of anilines is 1. The van der Waals surface area contributed by atoms with Gasteiger partial charge in [0.1, 0.15) is 4.88 Å². The number of benzene rings is 1. The number of nitrogens with one attached hydrogen (secondary N) is 2. The van der Waals surface area contributed by atoms with Crippen molar-refractivity contribution in [2.24, 2.45) is 0 Å². The van der Waals surface area contributed by atoms with Crippen LogP contribution in [-0.4, -0.2) is 47.7 Å². The number of morpholine rings is 1. The number of thiazole rings is 1. The Labute approximate surface area is 181 Å². The van der Waals surface area contributed by atoms with Gasteiger partial charge in [-0.2, -0.15) is 0 Å². The van der Waals surface area contributed by atoms with Crippen LogP contribution < -0.4 is 21.5 Å².